The number of benzene rings is 1. The molecule has 0 bridgehead atoms. The predicted octanol–water partition coefficient (Wildman–Crippen LogP) is 4.17. The Balaban J connectivity index is 1.51. The molecule has 142 valence electrons. The average Bonchev–Trinajstić information content (AvgIpc) is 3.07. The smallest absolute Gasteiger partial charge is 0.236 e. The summed E-state index contributed by atoms with van der Waals surface area (Å²) in [5.41, 5.74) is 2.48. The van der Waals surface area contributed by atoms with Crippen molar-refractivity contribution in [2.24, 2.45) is 0 Å². The Morgan fingerprint density at radius 1 is 1.26 bits per heavy atom. The standard InChI is InChI=1S/C20H25N5OS/c1-3-25(14-9-5-4-6-10-14)19(26)13(2)27-20-22-18-17(23-24-20)15-11-7-8-12-16(15)21-18/h7-8,11-14H,3-6,9-10H2,1-2H3,(H,21,22,24)/t13-/m0/s1. The molecule has 0 spiro atoms. The minimum absolute atomic E-state index is 0.176. The first-order valence-corrected chi connectivity index (χ1v) is 10.6. The van der Waals surface area contributed by atoms with Crippen molar-refractivity contribution in [2.75, 3.05) is 6.54 Å². The molecular weight excluding hydrogens is 358 g/mol. The number of hydrogen-bond donors (Lipinski definition) is 1. The number of rotatable bonds is 5. The van der Waals surface area contributed by atoms with Gasteiger partial charge in [0.2, 0.25) is 11.1 Å². The molecule has 1 aliphatic carbocycles. The highest BCUT2D eigenvalue weighted by atomic mass is 32.2. The quantitative estimate of drug-likeness (QED) is 0.669. The molecule has 1 atom stereocenters. The maximum absolute atomic E-state index is 13.0. The molecule has 2 aromatic heterocycles. The molecule has 1 amide bonds. The molecule has 1 N–H and O–H groups in total. The topological polar surface area (TPSA) is 74.8 Å². The average molecular weight is 384 g/mol. The number of nitrogens with zero attached hydrogens (tertiary/aromatic N) is 4. The number of thioether (sulfide) groups is 1. The molecule has 6 nitrogen and oxygen atoms in total. The summed E-state index contributed by atoms with van der Waals surface area (Å²) >= 11 is 1.39. The fraction of sp³-hybridized carbons (Fsp3) is 0.500. The van der Waals surface area contributed by atoms with Crippen LogP contribution >= 0.6 is 11.8 Å². The van der Waals surface area contributed by atoms with Gasteiger partial charge in [0.25, 0.3) is 0 Å². The Kier molecular flexibility index (Phi) is 5.29. The first kappa shape index (κ1) is 18.2. The Morgan fingerprint density at radius 2 is 2.04 bits per heavy atom. The Hall–Kier alpha value is -2.15. The number of H-pyrrole nitrogens is 1. The number of nitrogens with one attached hydrogen (secondary N) is 1. The van der Waals surface area contributed by atoms with Crippen LogP contribution in [0.1, 0.15) is 46.0 Å². The summed E-state index contributed by atoms with van der Waals surface area (Å²) in [6.45, 7) is 4.77. The zero-order valence-corrected chi connectivity index (χ0v) is 16.6. The van der Waals surface area contributed by atoms with E-state index in [-0.39, 0.29) is 11.2 Å². The molecule has 1 saturated carbocycles. The van der Waals surface area contributed by atoms with Crippen molar-refractivity contribution >= 4 is 39.7 Å². The normalized spacial score (nSPS) is 16.7. The molecule has 4 rings (SSSR count). The predicted molar refractivity (Wildman–Crippen MR) is 109 cm³/mol. The van der Waals surface area contributed by atoms with Gasteiger partial charge in [0, 0.05) is 23.5 Å². The number of carbonyl (C=O) groups is 1. The monoisotopic (exact) mass is 383 g/mol. The van der Waals surface area contributed by atoms with Crippen LogP contribution in [0.5, 0.6) is 0 Å². The van der Waals surface area contributed by atoms with E-state index in [1.165, 1.54) is 31.0 Å². The molecule has 1 aliphatic rings. The number of aromatic amines is 1. The highest BCUT2D eigenvalue weighted by Crippen LogP contribution is 2.28. The lowest BCUT2D eigenvalue weighted by Crippen LogP contribution is -2.44. The van der Waals surface area contributed by atoms with E-state index in [1.807, 2.05) is 36.1 Å². The molecule has 2 heterocycles. The first-order valence-electron chi connectivity index (χ1n) is 9.75. The van der Waals surface area contributed by atoms with Crippen molar-refractivity contribution in [1.82, 2.24) is 25.1 Å². The number of amides is 1. The third-order valence-electron chi connectivity index (χ3n) is 5.37. The highest BCUT2D eigenvalue weighted by molar-refractivity contribution is 8.00. The van der Waals surface area contributed by atoms with Crippen molar-refractivity contribution in [1.29, 1.82) is 0 Å². The van der Waals surface area contributed by atoms with Crippen molar-refractivity contribution in [3.05, 3.63) is 24.3 Å². The minimum Gasteiger partial charge on any atom is -0.339 e. The van der Waals surface area contributed by atoms with Gasteiger partial charge in [-0.1, -0.05) is 49.2 Å². The zero-order valence-electron chi connectivity index (χ0n) is 15.8. The van der Waals surface area contributed by atoms with E-state index in [1.54, 1.807) is 0 Å². The summed E-state index contributed by atoms with van der Waals surface area (Å²) in [4.78, 5) is 22.9. The fourth-order valence-corrected chi connectivity index (χ4v) is 4.77. The summed E-state index contributed by atoms with van der Waals surface area (Å²) in [5, 5.41) is 9.93. The van der Waals surface area contributed by atoms with Gasteiger partial charge in [0.1, 0.15) is 5.52 Å². The number of hydrogen-bond acceptors (Lipinski definition) is 5. The van der Waals surface area contributed by atoms with Crippen LogP contribution in [0, 0.1) is 0 Å². The van der Waals surface area contributed by atoms with Gasteiger partial charge in [-0.05, 0) is 32.8 Å². The molecule has 27 heavy (non-hydrogen) atoms. The van der Waals surface area contributed by atoms with E-state index in [4.69, 9.17) is 0 Å². The van der Waals surface area contributed by atoms with Crippen molar-refractivity contribution in [3.63, 3.8) is 0 Å². The second-order valence-electron chi connectivity index (χ2n) is 7.14. The van der Waals surface area contributed by atoms with E-state index in [0.29, 0.717) is 16.8 Å². The van der Waals surface area contributed by atoms with Gasteiger partial charge < -0.3 is 9.88 Å². The molecule has 0 aliphatic heterocycles. The molecule has 0 radical (unpaired) electrons. The van der Waals surface area contributed by atoms with Crippen LogP contribution in [0.2, 0.25) is 0 Å². The van der Waals surface area contributed by atoms with E-state index < -0.39 is 0 Å². The third-order valence-corrected chi connectivity index (χ3v) is 6.31. The number of para-hydroxylation sites is 1. The van der Waals surface area contributed by atoms with Crippen LogP contribution < -0.4 is 0 Å². The number of fused-ring (bicyclic) bond motifs is 3. The maximum atomic E-state index is 13.0. The molecule has 7 heteroatoms. The lowest BCUT2D eigenvalue weighted by molar-refractivity contribution is -0.133. The third kappa shape index (κ3) is 3.65. The largest absolute Gasteiger partial charge is 0.339 e. The summed E-state index contributed by atoms with van der Waals surface area (Å²) in [6, 6.07) is 8.35. The Morgan fingerprint density at radius 3 is 2.81 bits per heavy atom. The Bertz CT molecular complexity index is 950. The Labute approximate surface area is 163 Å². The van der Waals surface area contributed by atoms with Gasteiger partial charge in [0.05, 0.1) is 5.25 Å². The van der Waals surface area contributed by atoms with Gasteiger partial charge in [-0.3, -0.25) is 4.79 Å². The van der Waals surface area contributed by atoms with Crippen molar-refractivity contribution in [2.45, 2.75) is 62.4 Å². The SMILES string of the molecule is CCN(C(=O)[C@H](C)Sc1nnc2c(n1)[nH]c1ccccc12)C1CCCCC1. The second-order valence-corrected chi connectivity index (χ2v) is 8.45. The lowest BCUT2D eigenvalue weighted by Gasteiger charge is -2.35. The summed E-state index contributed by atoms with van der Waals surface area (Å²) in [7, 11) is 0. The van der Waals surface area contributed by atoms with Crippen LogP contribution in [0.25, 0.3) is 22.1 Å². The first-order chi connectivity index (χ1) is 13.2. The van der Waals surface area contributed by atoms with Gasteiger partial charge in [-0.2, -0.15) is 0 Å². The minimum atomic E-state index is -0.226. The van der Waals surface area contributed by atoms with Crippen molar-refractivity contribution in [3.8, 4) is 0 Å². The lowest BCUT2D eigenvalue weighted by atomic mass is 9.94. The van der Waals surface area contributed by atoms with E-state index in [0.717, 1.165) is 35.8 Å². The second kappa shape index (κ2) is 7.84. The van der Waals surface area contributed by atoms with E-state index in [9.17, 15) is 4.79 Å². The fourth-order valence-electron chi connectivity index (χ4n) is 3.98. The summed E-state index contributed by atoms with van der Waals surface area (Å²) in [5.74, 6) is 0.176. The van der Waals surface area contributed by atoms with Gasteiger partial charge in [0.15, 0.2) is 5.65 Å². The van der Waals surface area contributed by atoms with Crippen LogP contribution in [0.3, 0.4) is 0 Å². The number of aromatic nitrogens is 4. The van der Waals surface area contributed by atoms with Crippen LogP contribution in [-0.4, -0.2) is 48.8 Å². The summed E-state index contributed by atoms with van der Waals surface area (Å²) in [6.07, 6.45) is 5.97. The van der Waals surface area contributed by atoms with Crippen LogP contribution in [0.4, 0.5) is 0 Å². The van der Waals surface area contributed by atoms with Gasteiger partial charge in [-0.25, -0.2) is 4.98 Å². The molecule has 0 saturated heterocycles. The van der Waals surface area contributed by atoms with Gasteiger partial charge >= 0.3 is 0 Å². The molecule has 0 unspecified atom stereocenters. The molecular formula is C20H25N5OS. The highest BCUT2D eigenvalue weighted by Gasteiger charge is 2.28. The van der Waals surface area contributed by atoms with Crippen LogP contribution in [0.15, 0.2) is 29.4 Å². The van der Waals surface area contributed by atoms with Gasteiger partial charge in [-0.15, -0.1) is 10.2 Å². The summed E-state index contributed by atoms with van der Waals surface area (Å²) < 4.78 is 0. The molecule has 1 aromatic carbocycles. The molecule has 1 fully saturated rings. The van der Waals surface area contributed by atoms with Crippen molar-refractivity contribution < 1.29 is 4.79 Å². The van der Waals surface area contributed by atoms with Crippen LogP contribution in [-0.2, 0) is 4.79 Å². The molecule has 3 aromatic rings. The maximum Gasteiger partial charge on any atom is 0.236 e. The van der Waals surface area contributed by atoms with E-state index in [2.05, 4.69) is 27.1 Å². The number of carbonyl (C=O) groups excluding carboxylic acids is 1. The zero-order chi connectivity index (χ0) is 18.8. The van der Waals surface area contributed by atoms with E-state index >= 15 is 0 Å².